The van der Waals surface area contributed by atoms with Crippen molar-refractivity contribution in [2.45, 2.75) is 6.42 Å². The fourth-order valence-corrected chi connectivity index (χ4v) is 3.26. The Bertz CT molecular complexity index is 1130. The van der Waals surface area contributed by atoms with E-state index in [1.165, 1.54) is 24.3 Å². The predicted octanol–water partition coefficient (Wildman–Crippen LogP) is 4.23. The number of ether oxygens (including phenoxy) is 2. The molecule has 0 aliphatic heterocycles. The average molecular weight is 426 g/mol. The molecule has 0 amide bonds. The maximum absolute atomic E-state index is 13.0. The molecular formula is C26H18O6. The Kier molecular flexibility index (Phi) is 5.77. The van der Waals surface area contributed by atoms with Crippen LogP contribution in [0.5, 0.6) is 0 Å². The quantitative estimate of drug-likeness (QED) is 0.448. The molecule has 0 radical (unpaired) electrons. The molecule has 32 heavy (non-hydrogen) atoms. The lowest BCUT2D eigenvalue weighted by Gasteiger charge is -2.12. The Hall–Kier alpha value is -4.32. The van der Waals surface area contributed by atoms with Gasteiger partial charge in [-0.15, -0.1) is 0 Å². The number of rotatable bonds is 5. The smallest absolute Gasteiger partial charge is 0.345 e. The summed E-state index contributed by atoms with van der Waals surface area (Å²) >= 11 is 0. The van der Waals surface area contributed by atoms with E-state index in [0.29, 0.717) is 5.57 Å². The van der Waals surface area contributed by atoms with E-state index in [1.54, 1.807) is 54.6 Å². The summed E-state index contributed by atoms with van der Waals surface area (Å²) in [6.45, 7) is 0. The minimum absolute atomic E-state index is 0.0102. The average Bonchev–Trinajstić information content (AvgIpc) is 3.56. The lowest BCUT2D eigenvalue weighted by atomic mass is 10.1. The summed E-state index contributed by atoms with van der Waals surface area (Å²) in [7, 11) is 0. The molecule has 3 aromatic rings. The van der Waals surface area contributed by atoms with Crippen LogP contribution in [-0.4, -0.2) is 23.9 Å². The van der Waals surface area contributed by atoms with Gasteiger partial charge in [-0.1, -0.05) is 72.8 Å². The Morgan fingerprint density at radius 2 is 1.03 bits per heavy atom. The normalized spacial score (nSPS) is 14.9. The molecule has 0 N–H and O–H groups in total. The van der Waals surface area contributed by atoms with Gasteiger partial charge in [0.25, 0.3) is 0 Å². The van der Waals surface area contributed by atoms with Crippen LogP contribution in [-0.2, 0) is 19.1 Å². The molecule has 158 valence electrons. The summed E-state index contributed by atoms with van der Waals surface area (Å²) in [5, 5.41) is 0. The predicted molar refractivity (Wildman–Crippen MR) is 115 cm³/mol. The zero-order chi connectivity index (χ0) is 22.6. The summed E-state index contributed by atoms with van der Waals surface area (Å²) in [4.78, 5) is 50.7. The third-order valence-electron chi connectivity index (χ3n) is 5.11. The van der Waals surface area contributed by atoms with Crippen LogP contribution in [0.3, 0.4) is 0 Å². The van der Waals surface area contributed by atoms with Crippen LogP contribution in [0.25, 0.3) is 6.08 Å². The molecule has 0 atom stereocenters. The molecule has 0 aromatic heterocycles. The molecule has 0 spiro atoms. The van der Waals surface area contributed by atoms with Crippen molar-refractivity contribution >= 4 is 30.0 Å². The Balaban J connectivity index is 1.60. The highest BCUT2D eigenvalue weighted by Gasteiger charge is 2.65. The first-order valence-electron chi connectivity index (χ1n) is 9.90. The number of carbonyl (C=O) groups is 4. The molecular weight excluding hydrogens is 408 g/mol. The van der Waals surface area contributed by atoms with Crippen molar-refractivity contribution in [1.82, 2.24) is 0 Å². The van der Waals surface area contributed by atoms with Gasteiger partial charge in [-0.2, -0.15) is 0 Å². The number of hydrogen-bond acceptors (Lipinski definition) is 6. The second kappa shape index (κ2) is 8.81. The molecule has 1 aliphatic rings. The van der Waals surface area contributed by atoms with Gasteiger partial charge in [-0.25, -0.2) is 19.2 Å². The van der Waals surface area contributed by atoms with E-state index < -0.39 is 29.3 Å². The molecule has 6 nitrogen and oxygen atoms in total. The summed E-state index contributed by atoms with van der Waals surface area (Å²) in [5.41, 5.74) is -0.350. The largest absolute Gasteiger partial charge is 0.388 e. The first-order valence-corrected chi connectivity index (χ1v) is 9.90. The number of carbonyl (C=O) groups excluding carboxylic acids is 4. The Morgan fingerprint density at radius 1 is 0.625 bits per heavy atom. The second-order valence-electron chi connectivity index (χ2n) is 7.25. The molecule has 1 saturated carbocycles. The van der Waals surface area contributed by atoms with E-state index in [-0.39, 0.29) is 17.5 Å². The standard InChI is InChI=1S/C26H18O6/c27-22(19-12-6-2-7-13-19)31-24(29)26(17-21(26)16-18-10-4-1-5-11-18)25(30)32-23(28)20-14-8-3-9-15-20/h1-16H,17H2/b21-16+. The van der Waals surface area contributed by atoms with Gasteiger partial charge >= 0.3 is 23.9 Å². The topological polar surface area (TPSA) is 86.7 Å². The summed E-state index contributed by atoms with van der Waals surface area (Å²) in [6, 6.07) is 25.0. The van der Waals surface area contributed by atoms with Gasteiger partial charge in [-0.3, -0.25) is 0 Å². The van der Waals surface area contributed by atoms with Gasteiger partial charge in [-0.05, 0) is 35.4 Å². The lowest BCUT2D eigenvalue weighted by Crippen LogP contribution is -2.33. The summed E-state index contributed by atoms with van der Waals surface area (Å²) < 4.78 is 10.0. The fourth-order valence-electron chi connectivity index (χ4n) is 3.26. The maximum atomic E-state index is 13.0. The number of benzene rings is 3. The van der Waals surface area contributed by atoms with Crippen molar-refractivity contribution in [2.24, 2.45) is 5.41 Å². The molecule has 1 aliphatic carbocycles. The first kappa shape index (κ1) is 20.9. The summed E-state index contributed by atoms with van der Waals surface area (Å²) in [6.07, 6.45) is 1.65. The third-order valence-corrected chi connectivity index (χ3v) is 5.11. The molecule has 0 heterocycles. The van der Waals surface area contributed by atoms with E-state index in [9.17, 15) is 19.2 Å². The zero-order valence-electron chi connectivity index (χ0n) is 16.9. The van der Waals surface area contributed by atoms with Crippen molar-refractivity contribution in [3.05, 3.63) is 113 Å². The molecule has 0 saturated heterocycles. The molecule has 0 bridgehead atoms. The van der Waals surface area contributed by atoms with Gasteiger partial charge in [0.1, 0.15) is 0 Å². The molecule has 6 heteroatoms. The Labute approximate surface area is 184 Å². The first-order chi connectivity index (χ1) is 15.5. The highest BCUT2D eigenvalue weighted by Crippen LogP contribution is 2.55. The van der Waals surface area contributed by atoms with Crippen molar-refractivity contribution in [2.75, 3.05) is 0 Å². The monoisotopic (exact) mass is 426 g/mol. The van der Waals surface area contributed by atoms with Crippen molar-refractivity contribution in [3.63, 3.8) is 0 Å². The van der Waals surface area contributed by atoms with Crippen LogP contribution < -0.4 is 0 Å². The van der Waals surface area contributed by atoms with E-state index >= 15 is 0 Å². The van der Waals surface area contributed by atoms with E-state index in [2.05, 4.69) is 0 Å². The van der Waals surface area contributed by atoms with Gasteiger partial charge in [0.15, 0.2) is 5.41 Å². The minimum atomic E-state index is -1.84. The van der Waals surface area contributed by atoms with Crippen LogP contribution in [0, 0.1) is 5.41 Å². The highest BCUT2D eigenvalue weighted by molar-refractivity contribution is 6.16. The van der Waals surface area contributed by atoms with E-state index in [4.69, 9.17) is 9.47 Å². The highest BCUT2D eigenvalue weighted by atomic mass is 16.6. The number of esters is 4. The Morgan fingerprint density at radius 3 is 1.47 bits per heavy atom. The summed E-state index contributed by atoms with van der Waals surface area (Å²) in [5.74, 6) is -3.91. The van der Waals surface area contributed by atoms with Crippen molar-refractivity contribution in [3.8, 4) is 0 Å². The van der Waals surface area contributed by atoms with Crippen molar-refractivity contribution in [1.29, 1.82) is 0 Å². The van der Waals surface area contributed by atoms with Gasteiger partial charge < -0.3 is 9.47 Å². The van der Waals surface area contributed by atoms with Crippen molar-refractivity contribution < 1.29 is 28.7 Å². The fraction of sp³-hybridized carbons (Fsp3) is 0.0769. The minimum Gasteiger partial charge on any atom is -0.388 e. The van der Waals surface area contributed by atoms with Crippen LogP contribution >= 0.6 is 0 Å². The maximum Gasteiger partial charge on any atom is 0.345 e. The molecule has 0 unspecified atom stereocenters. The molecule has 3 aromatic carbocycles. The second-order valence-corrected chi connectivity index (χ2v) is 7.25. The van der Waals surface area contributed by atoms with Crippen LogP contribution in [0.15, 0.2) is 96.6 Å². The van der Waals surface area contributed by atoms with Gasteiger partial charge in [0, 0.05) is 6.42 Å². The third kappa shape index (κ3) is 4.25. The van der Waals surface area contributed by atoms with Crippen LogP contribution in [0.4, 0.5) is 0 Å². The van der Waals surface area contributed by atoms with Crippen LogP contribution in [0.2, 0.25) is 0 Å². The lowest BCUT2D eigenvalue weighted by molar-refractivity contribution is -0.156. The van der Waals surface area contributed by atoms with E-state index in [0.717, 1.165) is 5.56 Å². The SMILES string of the molecule is O=C(OC(=O)C1(C(=O)OC(=O)c2ccccc2)C/C1=C\c1ccccc1)c1ccccc1. The number of hydrogen-bond donors (Lipinski definition) is 0. The van der Waals surface area contributed by atoms with Gasteiger partial charge in [0.05, 0.1) is 11.1 Å². The molecule has 4 rings (SSSR count). The zero-order valence-corrected chi connectivity index (χ0v) is 16.9. The van der Waals surface area contributed by atoms with Crippen LogP contribution in [0.1, 0.15) is 32.7 Å². The molecule has 1 fully saturated rings. The van der Waals surface area contributed by atoms with E-state index in [1.807, 2.05) is 18.2 Å². The van der Waals surface area contributed by atoms with Gasteiger partial charge in [0.2, 0.25) is 0 Å².